The molecule has 0 radical (unpaired) electrons. The summed E-state index contributed by atoms with van der Waals surface area (Å²) >= 11 is 6.56. The maximum Gasteiger partial charge on any atom is 0.0539 e. The topological polar surface area (TPSA) is 27.8 Å². The molecule has 1 aromatic heterocycles. The predicted octanol–water partition coefficient (Wildman–Crippen LogP) is 9.95. The minimum absolute atomic E-state index is 0.1000. The van der Waals surface area contributed by atoms with Crippen molar-refractivity contribution in [2.24, 2.45) is 5.92 Å². The van der Waals surface area contributed by atoms with E-state index in [0.29, 0.717) is 5.03 Å². The van der Waals surface area contributed by atoms with Gasteiger partial charge in [-0.15, -0.1) is 6.58 Å². The predicted molar refractivity (Wildman–Crippen MR) is 159 cm³/mol. The van der Waals surface area contributed by atoms with Crippen molar-refractivity contribution in [3.63, 3.8) is 0 Å². The summed E-state index contributed by atoms with van der Waals surface area (Å²) in [5.74, 6) is 0.0279. The van der Waals surface area contributed by atoms with Gasteiger partial charge in [0, 0.05) is 34.3 Å². The summed E-state index contributed by atoms with van der Waals surface area (Å²) in [5.41, 5.74) is 5.25. The van der Waals surface area contributed by atoms with Crippen molar-refractivity contribution in [2.75, 3.05) is 0 Å². The Hall–Kier alpha value is -2.71. The normalized spacial score (nSPS) is 18.0. The third-order valence-electron chi connectivity index (χ3n) is 5.02. The highest BCUT2D eigenvalue weighted by Crippen LogP contribution is 2.44. The molecule has 0 spiro atoms. The molecule has 188 valence electrons. The lowest BCUT2D eigenvalue weighted by molar-refractivity contribution is 0.619. The van der Waals surface area contributed by atoms with Crippen LogP contribution >= 0.6 is 11.6 Å². The Morgan fingerprint density at radius 2 is 1.59 bits per heavy atom. The Morgan fingerprint density at radius 3 is 2.03 bits per heavy atom. The van der Waals surface area contributed by atoms with Crippen molar-refractivity contribution >= 4 is 23.8 Å². The van der Waals surface area contributed by atoms with Crippen LogP contribution in [0, 0.1) is 5.92 Å². The summed E-state index contributed by atoms with van der Waals surface area (Å²) in [7, 11) is 0. The Bertz CT molecular complexity index is 877. The van der Waals surface area contributed by atoms with Gasteiger partial charge < -0.3 is 10.3 Å². The van der Waals surface area contributed by atoms with Crippen LogP contribution in [0.4, 0.5) is 0 Å². The summed E-state index contributed by atoms with van der Waals surface area (Å²) in [5, 5.41) is 4.05. The van der Waals surface area contributed by atoms with E-state index in [0.717, 1.165) is 22.4 Å². The smallest absolute Gasteiger partial charge is 0.0539 e. The molecule has 0 amide bonds. The SMILES string of the molecule is C=C/C(Cl)=C(\C=C)C(C1=CNC(/C=C\C)C1C=C)c1c[nH]c(/C=C\C)c1C=C.CC.CC.CC. The maximum atomic E-state index is 6.56. The van der Waals surface area contributed by atoms with E-state index in [4.69, 9.17) is 11.6 Å². The van der Waals surface area contributed by atoms with Gasteiger partial charge >= 0.3 is 0 Å². The first kappa shape index (κ1) is 33.5. The number of rotatable bonds is 9. The third kappa shape index (κ3) is 8.25. The average molecular weight is 483 g/mol. The van der Waals surface area contributed by atoms with Crippen LogP contribution in [0.3, 0.4) is 0 Å². The van der Waals surface area contributed by atoms with Crippen molar-refractivity contribution in [2.45, 2.75) is 67.3 Å². The van der Waals surface area contributed by atoms with Gasteiger partial charge in [0.2, 0.25) is 0 Å². The molecule has 1 aromatic rings. The van der Waals surface area contributed by atoms with Crippen LogP contribution < -0.4 is 5.32 Å². The van der Waals surface area contributed by atoms with E-state index >= 15 is 0 Å². The molecule has 0 saturated carbocycles. The molecule has 0 saturated heterocycles. The van der Waals surface area contributed by atoms with Crippen LogP contribution in [-0.4, -0.2) is 11.0 Å². The first-order chi connectivity index (χ1) is 16.6. The standard InChI is InChI=1S/C25H29ClN2.3C2H6/c1-7-13-23-17(9-3)20(15-27-23)25(19(11-5)22(26)12-6)21-16-28-24(14-8-2)18(21)10-4;3*1-2/h7-17,23,25,27-28H,3-6H2,1-2H3;3*1-2H3/b13-7-,14-8-,22-19-;;;. The van der Waals surface area contributed by atoms with Crippen LogP contribution in [0.15, 0.2) is 91.3 Å². The van der Waals surface area contributed by atoms with E-state index in [9.17, 15) is 0 Å². The van der Waals surface area contributed by atoms with Gasteiger partial charge in [0.15, 0.2) is 0 Å². The lowest BCUT2D eigenvalue weighted by Crippen LogP contribution is -2.25. The van der Waals surface area contributed by atoms with Crippen LogP contribution in [0.2, 0.25) is 0 Å². The van der Waals surface area contributed by atoms with Gasteiger partial charge in [-0.25, -0.2) is 0 Å². The quantitative estimate of drug-likeness (QED) is 0.266. The number of aromatic amines is 1. The summed E-state index contributed by atoms with van der Waals surface area (Å²) < 4.78 is 0. The van der Waals surface area contributed by atoms with Gasteiger partial charge in [-0.1, -0.05) is 115 Å². The fourth-order valence-electron chi connectivity index (χ4n) is 3.78. The van der Waals surface area contributed by atoms with Crippen molar-refractivity contribution < 1.29 is 0 Å². The van der Waals surface area contributed by atoms with Crippen molar-refractivity contribution in [3.8, 4) is 0 Å². The van der Waals surface area contributed by atoms with Gasteiger partial charge in [0.05, 0.1) is 6.04 Å². The lowest BCUT2D eigenvalue weighted by Gasteiger charge is -2.26. The molecule has 3 heteroatoms. The summed E-state index contributed by atoms with van der Waals surface area (Å²) in [6, 6.07) is 0.162. The highest BCUT2D eigenvalue weighted by atomic mass is 35.5. The van der Waals surface area contributed by atoms with Gasteiger partial charge in [-0.3, -0.25) is 0 Å². The number of halogens is 1. The molecule has 0 aliphatic carbocycles. The van der Waals surface area contributed by atoms with E-state index in [-0.39, 0.29) is 17.9 Å². The highest BCUT2D eigenvalue weighted by Gasteiger charge is 2.34. The van der Waals surface area contributed by atoms with Gasteiger partial charge in [-0.05, 0) is 42.8 Å². The van der Waals surface area contributed by atoms with Crippen LogP contribution in [0.25, 0.3) is 12.2 Å². The molecule has 0 bridgehead atoms. The van der Waals surface area contributed by atoms with E-state index < -0.39 is 0 Å². The second-order valence-corrected chi connectivity index (χ2v) is 6.95. The third-order valence-corrected chi connectivity index (χ3v) is 5.39. The molecule has 1 aliphatic heterocycles. The minimum atomic E-state index is -0.1000. The summed E-state index contributed by atoms with van der Waals surface area (Å²) in [6.45, 7) is 32.0. The largest absolute Gasteiger partial charge is 0.384 e. The monoisotopic (exact) mass is 482 g/mol. The number of H-pyrrole nitrogens is 1. The van der Waals surface area contributed by atoms with Crippen LogP contribution in [0.5, 0.6) is 0 Å². The van der Waals surface area contributed by atoms with Gasteiger partial charge in [-0.2, -0.15) is 0 Å². The summed E-state index contributed by atoms with van der Waals surface area (Å²) in [4.78, 5) is 3.36. The first-order valence-corrected chi connectivity index (χ1v) is 12.8. The van der Waals surface area contributed by atoms with E-state index in [2.05, 4.69) is 55.0 Å². The Morgan fingerprint density at radius 1 is 0.971 bits per heavy atom. The van der Waals surface area contributed by atoms with Gasteiger partial charge in [0.1, 0.15) is 0 Å². The zero-order chi connectivity index (χ0) is 26.7. The number of nitrogens with one attached hydrogen (secondary N) is 2. The van der Waals surface area contributed by atoms with Crippen molar-refractivity contribution in [1.82, 2.24) is 10.3 Å². The molecule has 3 atom stereocenters. The first-order valence-electron chi connectivity index (χ1n) is 12.4. The van der Waals surface area contributed by atoms with Gasteiger partial charge in [0.25, 0.3) is 0 Å². The van der Waals surface area contributed by atoms with Crippen LogP contribution in [-0.2, 0) is 0 Å². The molecular formula is C31H47ClN2. The van der Waals surface area contributed by atoms with Crippen LogP contribution in [0.1, 0.15) is 78.1 Å². The molecule has 2 nitrogen and oxygen atoms in total. The molecule has 2 N–H and O–H groups in total. The maximum absolute atomic E-state index is 6.56. The lowest BCUT2D eigenvalue weighted by atomic mass is 9.77. The zero-order valence-electron chi connectivity index (χ0n) is 22.7. The average Bonchev–Trinajstić information content (AvgIpc) is 3.49. The molecule has 0 fully saturated rings. The number of hydrogen-bond donors (Lipinski definition) is 2. The number of hydrogen-bond acceptors (Lipinski definition) is 1. The molecule has 34 heavy (non-hydrogen) atoms. The highest BCUT2D eigenvalue weighted by molar-refractivity contribution is 6.31. The zero-order valence-corrected chi connectivity index (χ0v) is 23.5. The molecule has 0 aromatic carbocycles. The second kappa shape index (κ2) is 19.7. The number of allylic oxidation sites excluding steroid dienone is 6. The molecular weight excluding hydrogens is 436 g/mol. The molecule has 2 rings (SSSR count). The number of aromatic nitrogens is 1. The van der Waals surface area contributed by atoms with Crippen molar-refractivity contribution in [1.29, 1.82) is 0 Å². The molecule has 2 heterocycles. The van der Waals surface area contributed by atoms with Crippen molar-refractivity contribution in [3.05, 3.63) is 108 Å². The Balaban J connectivity index is 0. The molecule has 1 aliphatic rings. The summed E-state index contributed by atoms with van der Waals surface area (Å²) in [6.07, 6.45) is 19.7. The molecule has 3 unspecified atom stereocenters. The fourth-order valence-corrected chi connectivity index (χ4v) is 3.96. The fraction of sp³-hybridized carbons (Fsp3) is 0.355. The Labute approximate surface area is 215 Å². The van der Waals surface area contributed by atoms with E-state index in [1.54, 1.807) is 6.08 Å². The second-order valence-electron chi connectivity index (χ2n) is 6.54. The minimum Gasteiger partial charge on any atom is -0.384 e. The van der Waals surface area contributed by atoms with E-state index in [1.807, 2.05) is 92.0 Å². The van der Waals surface area contributed by atoms with E-state index in [1.165, 1.54) is 5.57 Å². The Kier molecular flexibility index (Phi) is 19.4.